The van der Waals surface area contributed by atoms with Gasteiger partial charge >= 0.3 is 18.5 Å². The lowest BCUT2D eigenvalue weighted by molar-refractivity contribution is -0.143. The van der Waals surface area contributed by atoms with Crippen molar-refractivity contribution in [3.8, 4) is 5.88 Å². The molecule has 0 saturated carbocycles. The number of hydrogen-bond donors (Lipinski definition) is 0. The normalized spacial score (nSPS) is 13.6. The van der Waals surface area contributed by atoms with E-state index in [4.69, 9.17) is 16.3 Å². The van der Waals surface area contributed by atoms with Crippen LogP contribution in [-0.4, -0.2) is 22.0 Å². The summed E-state index contributed by atoms with van der Waals surface area (Å²) in [5.74, 6) is -0.526. The molecule has 0 atom stereocenters. The SMILES string of the molecule is CCn1c(OCCCl)cc(C(F)(F)F)nc1=Nc1ccc(C(F)(F)F)cc1C(F)(F)F. The molecule has 1 heterocycles. The van der Waals surface area contributed by atoms with Crippen LogP contribution in [0.2, 0.25) is 0 Å². The van der Waals surface area contributed by atoms with Gasteiger partial charge in [0.25, 0.3) is 0 Å². The fourth-order valence-corrected chi connectivity index (χ4v) is 2.51. The van der Waals surface area contributed by atoms with Gasteiger partial charge in [0.15, 0.2) is 11.6 Å². The van der Waals surface area contributed by atoms with E-state index < -0.39 is 52.5 Å². The monoisotopic (exact) mass is 481 g/mol. The minimum absolute atomic E-state index is 0.100. The van der Waals surface area contributed by atoms with Gasteiger partial charge in [0.2, 0.25) is 5.62 Å². The van der Waals surface area contributed by atoms with Crippen LogP contribution in [0.15, 0.2) is 29.3 Å². The summed E-state index contributed by atoms with van der Waals surface area (Å²) < 4.78 is 124. The fourth-order valence-electron chi connectivity index (χ4n) is 2.43. The lowest BCUT2D eigenvalue weighted by atomic mass is 10.1. The molecule has 0 aliphatic carbocycles. The van der Waals surface area contributed by atoms with Gasteiger partial charge in [-0.2, -0.15) is 39.5 Å². The number of nitrogens with zero attached hydrogens (tertiary/aromatic N) is 3. The Balaban J connectivity index is 2.84. The number of alkyl halides is 10. The summed E-state index contributed by atoms with van der Waals surface area (Å²) in [6, 6.07) is 1.09. The molecule has 172 valence electrons. The molecule has 1 aromatic carbocycles. The first-order valence-electron chi connectivity index (χ1n) is 8.39. The molecular formula is C17H13ClF9N3O. The molecule has 0 N–H and O–H groups in total. The second-order valence-electron chi connectivity index (χ2n) is 5.90. The number of hydrogen-bond acceptors (Lipinski definition) is 3. The predicted octanol–water partition coefficient (Wildman–Crippen LogP) is 5.81. The molecule has 1 aromatic heterocycles. The molecule has 2 rings (SSSR count). The van der Waals surface area contributed by atoms with Gasteiger partial charge in [0, 0.05) is 12.6 Å². The van der Waals surface area contributed by atoms with Gasteiger partial charge in [0.05, 0.1) is 22.7 Å². The van der Waals surface area contributed by atoms with Gasteiger partial charge in [-0.05, 0) is 25.1 Å². The summed E-state index contributed by atoms with van der Waals surface area (Å²) in [6.07, 6.45) is -15.3. The summed E-state index contributed by atoms with van der Waals surface area (Å²) in [5.41, 5.74) is -6.77. The van der Waals surface area contributed by atoms with Gasteiger partial charge in [0.1, 0.15) is 6.61 Å². The molecule has 0 aliphatic rings. The standard InChI is InChI=1S/C17H13ClF9N3O/c1-2-30-13(31-6-5-18)8-12(17(25,26)27)29-14(30)28-11-4-3-9(15(19,20)21)7-10(11)16(22,23)24/h3-4,7-8H,2,5-6H2,1H3. The van der Waals surface area contributed by atoms with Crippen LogP contribution in [0.25, 0.3) is 0 Å². The minimum Gasteiger partial charge on any atom is -0.477 e. The highest BCUT2D eigenvalue weighted by Gasteiger charge is 2.38. The molecule has 0 spiro atoms. The molecular weight excluding hydrogens is 469 g/mol. The Hall–Kier alpha value is -2.44. The lowest BCUT2D eigenvalue weighted by Crippen LogP contribution is -2.29. The molecule has 0 aliphatic heterocycles. The molecule has 0 amide bonds. The second kappa shape index (κ2) is 8.97. The van der Waals surface area contributed by atoms with Crippen LogP contribution < -0.4 is 10.4 Å². The van der Waals surface area contributed by atoms with Crippen molar-refractivity contribution in [2.45, 2.75) is 32.0 Å². The van der Waals surface area contributed by atoms with E-state index in [1.807, 2.05) is 0 Å². The Labute approximate surface area is 173 Å². The molecule has 2 aromatic rings. The predicted molar refractivity (Wildman–Crippen MR) is 90.8 cm³/mol. The Bertz CT molecular complexity index is 994. The molecule has 0 unspecified atom stereocenters. The number of rotatable bonds is 5. The average molecular weight is 482 g/mol. The maximum atomic E-state index is 13.3. The van der Waals surface area contributed by atoms with Crippen molar-refractivity contribution < 1.29 is 44.3 Å². The number of ether oxygens (including phenoxy) is 1. The maximum Gasteiger partial charge on any atom is 0.433 e. The molecule has 0 bridgehead atoms. The minimum atomic E-state index is -5.27. The van der Waals surface area contributed by atoms with Crippen molar-refractivity contribution in [1.82, 2.24) is 9.55 Å². The summed E-state index contributed by atoms with van der Waals surface area (Å²) in [7, 11) is 0. The van der Waals surface area contributed by atoms with Crippen molar-refractivity contribution in [2.75, 3.05) is 12.5 Å². The Kier molecular flexibility index (Phi) is 7.18. The first kappa shape index (κ1) is 24.8. The second-order valence-corrected chi connectivity index (χ2v) is 6.28. The molecule has 31 heavy (non-hydrogen) atoms. The van der Waals surface area contributed by atoms with Crippen molar-refractivity contribution in [3.63, 3.8) is 0 Å². The van der Waals surface area contributed by atoms with Crippen LogP contribution in [0.4, 0.5) is 45.2 Å². The van der Waals surface area contributed by atoms with E-state index in [0.717, 1.165) is 4.57 Å². The third-order valence-electron chi connectivity index (χ3n) is 3.77. The molecule has 4 nitrogen and oxygen atoms in total. The fraction of sp³-hybridized carbons (Fsp3) is 0.412. The first-order valence-corrected chi connectivity index (χ1v) is 8.93. The van der Waals surface area contributed by atoms with Gasteiger partial charge in [-0.1, -0.05) is 0 Å². The Morgan fingerprint density at radius 3 is 2.10 bits per heavy atom. The quantitative estimate of drug-likeness (QED) is 0.399. The zero-order valence-corrected chi connectivity index (χ0v) is 16.2. The molecule has 0 radical (unpaired) electrons. The Morgan fingerprint density at radius 1 is 0.968 bits per heavy atom. The number of aromatic nitrogens is 2. The van der Waals surface area contributed by atoms with E-state index in [1.54, 1.807) is 0 Å². The van der Waals surface area contributed by atoms with Gasteiger partial charge in [-0.25, -0.2) is 9.98 Å². The van der Waals surface area contributed by atoms with Gasteiger partial charge < -0.3 is 4.74 Å². The summed E-state index contributed by atoms with van der Waals surface area (Å²) in [5, 5.41) is 0. The zero-order valence-electron chi connectivity index (χ0n) is 15.5. The third kappa shape index (κ3) is 6.05. The summed E-state index contributed by atoms with van der Waals surface area (Å²) in [6.45, 7) is 1.08. The topological polar surface area (TPSA) is 39.4 Å². The van der Waals surface area contributed by atoms with Crippen molar-refractivity contribution in [3.05, 3.63) is 46.7 Å². The van der Waals surface area contributed by atoms with Crippen LogP contribution in [0.3, 0.4) is 0 Å². The maximum absolute atomic E-state index is 13.3. The number of benzene rings is 1. The lowest BCUT2D eigenvalue weighted by Gasteiger charge is -2.16. The van der Waals surface area contributed by atoms with Crippen LogP contribution in [0, 0.1) is 0 Å². The summed E-state index contributed by atoms with van der Waals surface area (Å²) in [4.78, 5) is 6.74. The van der Waals surface area contributed by atoms with E-state index >= 15 is 0 Å². The van der Waals surface area contributed by atoms with Crippen LogP contribution in [0.5, 0.6) is 5.88 Å². The highest BCUT2D eigenvalue weighted by Crippen LogP contribution is 2.40. The van der Waals surface area contributed by atoms with E-state index in [-0.39, 0.29) is 25.1 Å². The van der Waals surface area contributed by atoms with E-state index in [0.29, 0.717) is 18.2 Å². The Morgan fingerprint density at radius 2 is 1.61 bits per heavy atom. The zero-order chi connectivity index (χ0) is 23.6. The highest BCUT2D eigenvalue weighted by atomic mass is 35.5. The van der Waals surface area contributed by atoms with E-state index in [1.165, 1.54) is 6.92 Å². The largest absolute Gasteiger partial charge is 0.477 e. The van der Waals surface area contributed by atoms with Gasteiger partial charge in [-0.3, -0.25) is 4.57 Å². The van der Waals surface area contributed by atoms with E-state index in [9.17, 15) is 39.5 Å². The number of halogens is 10. The van der Waals surface area contributed by atoms with Gasteiger partial charge in [-0.15, -0.1) is 11.6 Å². The molecule has 14 heteroatoms. The van der Waals surface area contributed by atoms with Crippen molar-refractivity contribution in [1.29, 1.82) is 0 Å². The van der Waals surface area contributed by atoms with Crippen LogP contribution >= 0.6 is 11.6 Å². The summed E-state index contributed by atoms with van der Waals surface area (Å²) >= 11 is 5.46. The van der Waals surface area contributed by atoms with Crippen LogP contribution in [-0.2, 0) is 25.1 Å². The molecule has 0 saturated heterocycles. The average Bonchev–Trinajstić information content (AvgIpc) is 2.63. The third-order valence-corrected chi connectivity index (χ3v) is 3.93. The van der Waals surface area contributed by atoms with E-state index in [2.05, 4.69) is 9.98 Å². The highest BCUT2D eigenvalue weighted by molar-refractivity contribution is 6.18. The van der Waals surface area contributed by atoms with Crippen LogP contribution in [0.1, 0.15) is 23.7 Å². The first-order chi connectivity index (χ1) is 14.2. The van der Waals surface area contributed by atoms with Crippen molar-refractivity contribution in [2.24, 2.45) is 4.99 Å². The van der Waals surface area contributed by atoms with Crippen molar-refractivity contribution >= 4 is 17.3 Å². The molecule has 0 fully saturated rings. The smallest absolute Gasteiger partial charge is 0.433 e.